The van der Waals surface area contributed by atoms with E-state index in [9.17, 15) is 0 Å². The highest BCUT2D eigenvalue weighted by Crippen LogP contribution is 2.04. The first-order chi connectivity index (χ1) is 6.38. The zero-order chi connectivity index (χ0) is 9.10. The summed E-state index contributed by atoms with van der Waals surface area (Å²) in [6.07, 6.45) is 5.34. The molecule has 4 nitrogen and oxygen atoms in total. The lowest BCUT2D eigenvalue weighted by Gasteiger charge is -1.96. The Balaban J connectivity index is 2.10. The molecule has 2 heterocycles. The van der Waals surface area contributed by atoms with Crippen LogP contribution in [0, 0.1) is 0 Å². The van der Waals surface area contributed by atoms with E-state index in [1.54, 1.807) is 12.6 Å². The van der Waals surface area contributed by atoms with E-state index in [0.717, 1.165) is 11.5 Å². The molecule has 0 fully saturated rings. The van der Waals surface area contributed by atoms with Crippen molar-refractivity contribution in [3.8, 4) is 0 Å². The van der Waals surface area contributed by atoms with Crippen molar-refractivity contribution in [1.82, 2.24) is 9.55 Å². The molecule has 0 aliphatic rings. The maximum Gasteiger partial charge on any atom is 0.123 e. The van der Waals surface area contributed by atoms with Crippen molar-refractivity contribution >= 4 is 0 Å². The van der Waals surface area contributed by atoms with Gasteiger partial charge in [-0.05, 0) is 12.1 Å². The molecule has 0 unspecified atom stereocenters. The summed E-state index contributed by atoms with van der Waals surface area (Å²) in [6, 6.07) is 3.80. The van der Waals surface area contributed by atoms with Crippen molar-refractivity contribution in [2.24, 2.45) is 5.73 Å². The minimum Gasteiger partial charge on any atom is -0.467 e. The number of aromatic nitrogens is 2. The molecule has 0 aromatic carbocycles. The molecule has 0 spiro atoms. The van der Waals surface area contributed by atoms with E-state index in [1.165, 1.54) is 0 Å². The van der Waals surface area contributed by atoms with Crippen LogP contribution in [0.15, 0.2) is 35.3 Å². The smallest absolute Gasteiger partial charge is 0.123 e. The van der Waals surface area contributed by atoms with E-state index in [2.05, 4.69) is 4.98 Å². The maximum absolute atomic E-state index is 5.44. The Morgan fingerprint density at radius 3 is 3.08 bits per heavy atom. The van der Waals surface area contributed by atoms with Gasteiger partial charge in [-0.3, -0.25) is 0 Å². The second-order valence-electron chi connectivity index (χ2n) is 2.82. The Kier molecular flexibility index (Phi) is 2.14. The van der Waals surface area contributed by atoms with Gasteiger partial charge in [-0.15, -0.1) is 0 Å². The average molecular weight is 177 g/mol. The topological polar surface area (TPSA) is 57.0 Å². The molecule has 13 heavy (non-hydrogen) atoms. The molecule has 4 heteroatoms. The second-order valence-corrected chi connectivity index (χ2v) is 2.82. The average Bonchev–Trinajstić information content (AvgIpc) is 2.76. The molecule has 0 amide bonds. The lowest BCUT2D eigenvalue weighted by atomic mass is 10.4. The summed E-state index contributed by atoms with van der Waals surface area (Å²) >= 11 is 0. The minimum absolute atomic E-state index is 0.477. The van der Waals surface area contributed by atoms with Crippen LogP contribution in [0.3, 0.4) is 0 Å². The van der Waals surface area contributed by atoms with Gasteiger partial charge < -0.3 is 14.7 Å². The van der Waals surface area contributed by atoms with Gasteiger partial charge in [-0.1, -0.05) is 0 Å². The number of imidazole rings is 1. The predicted octanol–water partition coefficient (Wildman–Crippen LogP) is 0.983. The number of furan rings is 1. The molecule has 0 bridgehead atoms. The summed E-state index contributed by atoms with van der Waals surface area (Å²) in [5.41, 5.74) is 6.33. The number of rotatable bonds is 3. The number of nitrogens with zero attached hydrogens (tertiary/aromatic N) is 2. The first-order valence-electron chi connectivity index (χ1n) is 4.11. The highest BCUT2D eigenvalue weighted by atomic mass is 16.3. The Morgan fingerprint density at radius 2 is 2.46 bits per heavy atom. The van der Waals surface area contributed by atoms with E-state index in [4.69, 9.17) is 10.2 Å². The normalized spacial score (nSPS) is 10.5. The van der Waals surface area contributed by atoms with E-state index < -0.39 is 0 Å². The summed E-state index contributed by atoms with van der Waals surface area (Å²) in [6.45, 7) is 1.19. The van der Waals surface area contributed by atoms with Crippen LogP contribution in [0.2, 0.25) is 0 Å². The summed E-state index contributed by atoms with van der Waals surface area (Å²) < 4.78 is 7.15. The summed E-state index contributed by atoms with van der Waals surface area (Å²) in [5.74, 6) is 0.918. The van der Waals surface area contributed by atoms with Gasteiger partial charge in [0, 0.05) is 12.7 Å². The molecule has 0 radical (unpaired) electrons. The first kappa shape index (κ1) is 8.07. The van der Waals surface area contributed by atoms with Crippen LogP contribution in [0.1, 0.15) is 11.5 Å². The molecule has 0 atom stereocenters. The zero-order valence-electron chi connectivity index (χ0n) is 7.18. The van der Waals surface area contributed by atoms with Crippen LogP contribution in [0.25, 0.3) is 0 Å². The standard InChI is InChI=1S/C9H11N3O/c10-4-8-5-12(7-11-8)6-9-2-1-3-13-9/h1-3,5,7H,4,6,10H2. The zero-order valence-corrected chi connectivity index (χ0v) is 7.18. The van der Waals surface area contributed by atoms with Crippen LogP contribution < -0.4 is 5.73 Å². The van der Waals surface area contributed by atoms with Gasteiger partial charge in [-0.25, -0.2) is 4.98 Å². The predicted molar refractivity (Wildman–Crippen MR) is 47.9 cm³/mol. The van der Waals surface area contributed by atoms with Crippen LogP contribution in [-0.4, -0.2) is 9.55 Å². The van der Waals surface area contributed by atoms with Crippen molar-refractivity contribution in [2.75, 3.05) is 0 Å². The van der Waals surface area contributed by atoms with Gasteiger partial charge in [-0.2, -0.15) is 0 Å². The van der Waals surface area contributed by atoms with E-state index in [1.807, 2.05) is 22.9 Å². The Morgan fingerprint density at radius 1 is 1.54 bits per heavy atom. The third kappa shape index (κ3) is 1.78. The van der Waals surface area contributed by atoms with Gasteiger partial charge in [0.1, 0.15) is 5.76 Å². The van der Waals surface area contributed by atoms with Gasteiger partial charge in [0.2, 0.25) is 0 Å². The Hall–Kier alpha value is -1.55. The van der Waals surface area contributed by atoms with Crippen molar-refractivity contribution in [3.05, 3.63) is 42.4 Å². The van der Waals surface area contributed by atoms with Crippen LogP contribution >= 0.6 is 0 Å². The third-order valence-corrected chi connectivity index (χ3v) is 1.81. The number of nitrogens with two attached hydrogens (primary N) is 1. The number of hydrogen-bond acceptors (Lipinski definition) is 3. The Bertz CT molecular complexity index is 364. The molecule has 2 aromatic heterocycles. The van der Waals surface area contributed by atoms with Crippen molar-refractivity contribution in [3.63, 3.8) is 0 Å². The molecule has 0 saturated carbocycles. The minimum atomic E-state index is 0.477. The molecular formula is C9H11N3O. The monoisotopic (exact) mass is 177 g/mol. The molecule has 0 aliphatic heterocycles. The van der Waals surface area contributed by atoms with E-state index in [-0.39, 0.29) is 0 Å². The van der Waals surface area contributed by atoms with Gasteiger partial charge in [0.05, 0.1) is 24.8 Å². The van der Waals surface area contributed by atoms with Gasteiger partial charge in [0.25, 0.3) is 0 Å². The highest BCUT2D eigenvalue weighted by molar-refractivity contribution is 5.02. The van der Waals surface area contributed by atoms with Crippen molar-refractivity contribution in [1.29, 1.82) is 0 Å². The van der Waals surface area contributed by atoms with Crippen molar-refractivity contribution < 1.29 is 4.42 Å². The molecule has 2 N–H and O–H groups in total. The molecule has 0 saturated heterocycles. The fraction of sp³-hybridized carbons (Fsp3) is 0.222. The largest absolute Gasteiger partial charge is 0.467 e. The van der Waals surface area contributed by atoms with Gasteiger partial charge >= 0.3 is 0 Å². The quantitative estimate of drug-likeness (QED) is 0.760. The van der Waals surface area contributed by atoms with Crippen LogP contribution in [-0.2, 0) is 13.1 Å². The number of hydrogen-bond donors (Lipinski definition) is 1. The lowest BCUT2D eigenvalue weighted by molar-refractivity contribution is 0.493. The molecular weight excluding hydrogens is 166 g/mol. The first-order valence-corrected chi connectivity index (χ1v) is 4.11. The molecule has 2 aromatic rings. The third-order valence-electron chi connectivity index (χ3n) is 1.81. The summed E-state index contributed by atoms with van der Waals surface area (Å²) in [4.78, 5) is 4.11. The summed E-state index contributed by atoms with van der Waals surface area (Å²) in [5, 5.41) is 0. The second kappa shape index (κ2) is 3.45. The maximum atomic E-state index is 5.44. The summed E-state index contributed by atoms with van der Waals surface area (Å²) in [7, 11) is 0. The fourth-order valence-corrected chi connectivity index (χ4v) is 1.18. The fourth-order valence-electron chi connectivity index (χ4n) is 1.18. The highest BCUT2D eigenvalue weighted by Gasteiger charge is 1.99. The molecule has 0 aliphatic carbocycles. The van der Waals surface area contributed by atoms with E-state index >= 15 is 0 Å². The van der Waals surface area contributed by atoms with Crippen molar-refractivity contribution in [2.45, 2.75) is 13.1 Å². The Labute approximate surface area is 76.0 Å². The lowest BCUT2D eigenvalue weighted by Crippen LogP contribution is -1.97. The SMILES string of the molecule is NCc1cn(Cc2ccco2)cn1. The van der Waals surface area contributed by atoms with Gasteiger partial charge in [0.15, 0.2) is 0 Å². The molecule has 2 rings (SSSR count). The van der Waals surface area contributed by atoms with Crippen LogP contribution in [0.4, 0.5) is 0 Å². The van der Waals surface area contributed by atoms with E-state index in [0.29, 0.717) is 13.1 Å². The molecule has 68 valence electrons. The van der Waals surface area contributed by atoms with Crippen LogP contribution in [0.5, 0.6) is 0 Å².